The summed E-state index contributed by atoms with van der Waals surface area (Å²) in [5, 5.41) is 14.3. The largest absolute Gasteiger partial charge is 0.476 e. The van der Waals surface area contributed by atoms with Crippen molar-refractivity contribution in [3.05, 3.63) is 92.5 Å². The van der Waals surface area contributed by atoms with E-state index in [4.69, 9.17) is 16.7 Å². The molecule has 2 N–H and O–H groups in total. The first-order valence-electron chi connectivity index (χ1n) is 13.7. The number of pyridine rings is 1. The van der Waals surface area contributed by atoms with E-state index in [9.17, 15) is 18.0 Å². The third-order valence-electron chi connectivity index (χ3n) is 6.30. The second-order valence-electron chi connectivity index (χ2n) is 9.56. The second-order valence-corrected chi connectivity index (χ2v) is 10.9. The molecule has 0 aliphatic heterocycles. The Hall–Kier alpha value is -3.14. The van der Waals surface area contributed by atoms with E-state index < -0.39 is 29.1 Å². The van der Waals surface area contributed by atoms with Crippen LogP contribution in [-0.2, 0) is 12.7 Å². The predicted molar refractivity (Wildman–Crippen MR) is 162 cm³/mol. The molecule has 0 atom stereocenters. The highest BCUT2D eigenvalue weighted by molar-refractivity contribution is 7.09. The van der Waals surface area contributed by atoms with Gasteiger partial charge in [-0.05, 0) is 41.6 Å². The summed E-state index contributed by atoms with van der Waals surface area (Å²) in [5.41, 5.74) is -1.22. The standard InChI is InChI=1S/C17H10ClF3N2O2.C14H25NS/c18-14-13(16(24)25)22-15-12(17(19,20)21)8-11(9-23(14)15)7-6-10-4-2-1-3-5-10;1-2-3-4-5-6-7-8-11-15-13-14-10-9-12-16-14/h1-9H,(H,24,25);9-10,12,15H,2-8,11,13H2,1H3. The fraction of sp³-hybridized carbons (Fsp3) is 0.355. The molecule has 0 aliphatic carbocycles. The molecule has 0 radical (unpaired) electrons. The second kappa shape index (κ2) is 16.3. The average molecular weight is 606 g/mol. The summed E-state index contributed by atoms with van der Waals surface area (Å²) in [5.74, 6) is -1.50. The fourth-order valence-corrected chi connectivity index (χ4v) is 5.09. The summed E-state index contributed by atoms with van der Waals surface area (Å²) in [6.07, 6.45) is 9.50. The van der Waals surface area contributed by atoms with Gasteiger partial charge in [-0.2, -0.15) is 13.2 Å². The topological polar surface area (TPSA) is 66.6 Å². The van der Waals surface area contributed by atoms with E-state index in [0.717, 1.165) is 22.6 Å². The number of hydrogen-bond acceptors (Lipinski definition) is 4. The first-order chi connectivity index (χ1) is 19.7. The number of alkyl halides is 3. The zero-order valence-corrected chi connectivity index (χ0v) is 24.5. The molecule has 0 aliphatic rings. The van der Waals surface area contributed by atoms with Gasteiger partial charge < -0.3 is 10.4 Å². The molecule has 10 heteroatoms. The number of aromatic carboxylic acids is 1. The first-order valence-corrected chi connectivity index (χ1v) is 14.9. The van der Waals surface area contributed by atoms with Crippen LogP contribution in [0.5, 0.6) is 0 Å². The normalized spacial score (nSPS) is 11.6. The summed E-state index contributed by atoms with van der Waals surface area (Å²) < 4.78 is 40.9. The van der Waals surface area contributed by atoms with Crippen LogP contribution >= 0.6 is 22.9 Å². The quantitative estimate of drug-likeness (QED) is 0.149. The Bertz CT molecular complexity index is 1390. The van der Waals surface area contributed by atoms with Crippen molar-refractivity contribution in [2.75, 3.05) is 6.54 Å². The number of carboxylic acid groups (broad SMARTS) is 1. The molecule has 0 bridgehead atoms. The van der Waals surface area contributed by atoms with Gasteiger partial charge >= 0.3 is 12.1 Å². The van der Waals surface area contributed by atoms with E-state index >= 15 is 0 Å². The minimum Gasteiger partial charge on any atom is -0.476 e. The number of nitrogens with zero attached hydrogens (tertiary/aromatic N) is 2. The molecule has 3 aromatic heterocycles. The molecule has 0 unspecified atom stereocenters. The number of halogens is 4. The van der Waals surface area contributed by atoms with Gasteiger partial charge in [-0.3, -0.25) is 4.40 Å². The van der Waals surface area contributed by atoms with Gasteiger partial charge in [0.25, 0.3) is 0 Å². The molecule has 41 heavy (non-hydrogen) atoms. The number of unbranched alkanes of at least 4 members (excludes halogenated alkanes) is 6. The van der Waals surface area contributed by atoms with Crippen LogP contribution in [0.2, 0.25) is 5.15 Å². The van der Waals surface area contributed by atoms with Gasteiger partial charge in [0.05, 0.1) is 5.56 Å². The Morgan fingerprint density at radius 3 is 2.34 bits per heavy atom. The van der Waals surface area contributed by atoms with E-state index in [1.165, 1.54) is 68.6 Å². The van der Waals surface area contributed by atoms with Crippen molar-refractivity contribution >= 4 is 46.7 Å². The number of thiophene rings is 1. The molecule has 5 nitrogen and oxygen atoms in total. The van der Waals surface area contributed by atoms with Crippen molar-refractivity contribution in [2.24, 2.45) is 0 Å². The third-order valence-corrected chi connectivity index (χ3v) is 7.53. The molecular formula is C31H35ClF3N3O2S. The predicted octanol–water partition coefficient (Wildman–Crippen LogP) is 9.46. The Morgan fingerprint density at radius 2 is 1.71 bits per heavy atom. The zero-order chi connectivity index (χ0) is 29.7. The summed E-state index contributed by atoms with van der Waals surface area (Å²) in [6, 6.07) is 14.2. The lowest BCUT2D eigenvalue weighted by Crippen LogP contribution is -2.13. The monoisotopic (exact) mass is 605 g/mol. The summed E-state index contributed by atoms with van der Waals surface area (Å²) in [6.45, 7) is 4.49. The van der Waals surface area contributed by atoms with Gasteiger partial charge in [0.15, 0.2) is 11.3 Å². The van der Waals surface area contributed by atoms with Crippen LogP contribution < -0.4 is 5.32 Å². The SMILES string of the molecule is CCCCCCCCCNCc1cccs1.O=C(O)c1nc2c(C(F)(F)F)cc(C=Cc3ccccc3)cn2c1Cl. The number of benzene rings is 1. The number of aromatic nitrogens is 2. The van der Waals surface area contributed by atoms with E-state index in [1.54, 1.807) is 30.3 Å². The number of hydrogen-bond donors (Lipinski definition) is 2. The van der Waals surface area contributed by atoms with Gasteiger partial charge in [0, 0.05) is 17.6 Å². The molecule has 0 spiro atoms. The molecule has 0 amide bonds. The van der Waals surface area contributed by atoms with Crippen LogP contribution in [0.15, 0.2) is 60.1 Å². The lowest BCUT2D eigenvalue weighted by molar-refractivity contribution is -0.136. The number of carboxylic acids is 1. The fourth-order valence-electron chi connectivity index (χ4n) is 4.16. The molecule has 220 valence electrons. The minimum atomic E-state index is -4.71. The van der Waals surface area contributed by atoms with Gasteiger partial charge in [-0.15, -0.1) is 11.3 Å². The lowest BCUT2D eigenvalue weighted by Gasteiger charge is -2.09. The van der Waals surface area contributed by atoms with Crippen LogP contribution in [0.3, 0.4) is 0 Å². The van der Waals surface area contributed by atoms with Gasteiger partial charge in [-0.1, -0.05) is 106 Å². The Balaban J connectivity index is 0.000000250. The highest BCUT2D eigenvalue weighted by Gasteiger charge is 2.35. The van der Waals surface area contributed by atoms with Crippen molar-refractivity contribution in [3.63, 3.8) is 0 Å². The Labute approximate surface area is 247 Å². The molecule has 0 fully saturated rings. The number of rotatable bonds is 13. The van der Waals surface area contributed by atoms with Crippen LogP contribution in [-0.4, -0.2) is 27.0 Å². The van der Waals surface area contributed by atoms with Crippen LogP contribution in [0, 0.1) is 0 Å². The van der Waals surface area contributed by atoms with Crippen LogP contribution in [0.4, 0.5) is 13.2 Å². The van der Waals surface area contributed by atoms with Gasteiger partial charge in [0.1, 0.15) is 5.15 Å². The van der Waals surface area contributed by atoms with Crippen molar-refractivity contribution in [2.45, 2.75) is 64.6 Å². The average Bonchev–Trinajstić information content (AvgIpc) is 3.59. The molecule has 0 saturated heterocycles. The number of fused-ring (bicyclic) bond motifs is 1. The number of imidazole rings is 1. The third kappa shape index (κ3) is 10.3. The van der Waals surface area contributed by atoms with Crippen molar-refractivity contribution in [3.8, 4) is 0 Å². The van der Waals surface area contributed by atoms with Gasteiger partial charge in [0.2, 0.25) is 0 Å². The van der Waals surface area contributed by atoms with Crippen molar-refractivity contribution in [1.29, 1.82) is 0 Å². The Kier molecular flexibility index (Phi) is 12.9. The zero-order valence-electron chi connectivity index (χ0n) is 23.0. The summed E-state index contributed by atoms with van der Waals surface area (Å²) in [4.78, 5) is 16.1. The molecule has 1 aromatic carbocycles. The highest BCUT2D eigenvalue weighted by Crippen LogP contribution is 2.35. The Morgan fingerprint density at radius 1 is 1.02 bits per heavy atom. The number of carbonyl (C=O) groups is 1. The highest BCUT2D eigenvalue weighted by atomic mass is 35.5. The minimum absolute atomic E-state index is 0.208. The molecule has 3 heterocycles. The maximum atomic E-state index is 13.3. The molecule has 0 saturated carbocycles. The lowest BCUT2D eigenvalue weighted by atomic mass is 10.1. The van der Waals surface area contributed by atoms with Gasteiger partial charge in [-0.25, -0.2) is 9.78 Å². The van der Waals surface area contributed by atoms with Crippen molar-refractivity contribution in [1.82, 2.24) is 14.7 Å². The molecule has 4 aromatic rings. The van der Waals surface area contributed by atoms with E-state index in [0.29, 0.717) is 0 Å². The number of nitrogens with one attached hydrogen (secondary N) is 1. The smallest absolute Gasteiger partial charge is 0.420 e. The van der Waals surface area contributed by atoms with Crippen LogP contribution in [0.25, 0.3) is 17.8 Å². The maximum absolute atomic E-state index is 13.3. The summed E-state index contributed by atoms with van der Waals surface area (Å²) in [7, 11) is 0. The van der Waals surface area contributed by atoms with Crippen LogP contribution in [0.1, 0.15) is 83.9 Å². The molecule has 4 rings (SSSR count). The molecular weight excluding hydrogens is 571 g/mol. The summed E-state index contributed by atoms with van der Waals surface area (Å²) >= 11 is 7.73. The van der Waals surface area contributed by atoms with Crippen molar-refractivity contribution < 1.29 is 23.1 Å². The van der Waals surface area contributed by atoms with E-state index in [2.05, 4.69) is 34.7 Å². The maximum Gasteiger partial charge on any atom is 0.420 e. The van der Waals surface area contributed by atoms with E-state index in [-0.39, 0.29) is 10.7 Å². The first kappa shape index (κ1) is 32.4. The van der Waals surface area contributed by atoms with E-state index in [1.807, 2.05) is 17.4 Å².